The third kappa shape index (κ3) is 3.12. The number of methoxy groups -OCH3 is 1. The highest BCUT2D eigenvalue weighted by Crippen LogP contribution is 2.46. The van der Waals surface area contributed by atoms with Crippen LogP contribution in [0.4, 0.5) is 15.0 Å². The van der Waals surface area contributed by atoms with Crippen LogP contribution in [0.1, 0.15) is 11.6 Å². The Morgan fingerprint density at radius 2 is 1.96 bits per heavy atom. The molecule has 2 fully saturated rings. The molecule has 148 valence electrons. The number of halogens is 1. The fourth-order valence-electron chi connectivity index (χ4n) is 4.44. The number of carbonyl (C=O) groups is 1. The summed E-state index contributed by atoms with van der Waals surface area (Å²) in [5, 5.41) is 0. The minimum atomic E-state index is -0.412. The van der Waals surface area contributed by atoms with Crippen LogP contribution in [0, 0.1) is 17.7 Å². The zero-order chi connectivity index (χ0) is 19.8. The summed E-state index contributed by atoms with van der Waals surface area (Å²) in [6, 6.07) is 7.77. The maximum Gasteiger partial charge on any atom is 0.320 e. The maximum atomic E-state index is 14.2. The lowest BCUT2D eigenvalue weighted by Gasteiger charge is -2.32. The van der Waals surface area contributed by atoms with Crippen LogP contribution in [0.25, 0.3) is 0 Å². The van der Waals surface area contributed by atoms with E-state index in [0.717, 1.165) is 11.3 Å². The predicted molar refractivity (Wildman–Crippen MR) is 103 cm³/mol. The van der Waals surface area contributed by atoms with Gasteiger partial charge in [0.15, 0.2) is 11.6 Å². The number of urea groups is 1. The van der Waals surface area contributed by atoms with Crippen molar-refractivity contribution in [1.82, 2.24) is 19.8 Å². The SMILES string of the molecule is COc1ccc([C@H]2[C@@H]3CN(c4ncncc4F)C[C@@H]3CN2C(=O)N(C)C)cc1. The second-order valence-corrected chi connectivity index (χ2v) is 7.57. The highest BCUT2D eigenvalue weighted by Gasteiger charge is 2.50. The van der Waals surface area contributed by atoms with Gasteiger partial charge in [0.1, 0.15) is 12.1 Å². The summed E-state index contributed by atoms with van der Waals surface area (Å²) in [6.07, 6.45) is 2.56. The summed E-state index contributed by atoms with van der Waals surface area (Å²) < 4.78 is 19.4. The van der Waals surface area contributed by atoms with Crippen molar-refractivity contribution in [2.24, 2.45) is 11.8 Å². The van der Waals surface area contributed by atoms with E-state index in [1.165, 1.54) is 12.5 Å². The molecule has 7 nitrogen and oxygen atoms in total. The molecule has 0 radical (unpaired) electrons. The first kappa shape index (κ1) is 18.5. The van der Waals surface area contributed by atoms with Crippen molar-refractivity contribution in [3.05, 3.63) is 48.2 Å². The van der Waals surface area contributed by atoms with Crippen LogP contribution in [0.15, 0.2) is 36.8 Å². The number of benzene rings is 1. The molecule has 0 spiro atoms. The van der Waals surface area contributed by atoms with Gasteiger partial charge in [-0.05, 0) is 17.7 Å². The number of hydrogen-bond donors (Lipinski definition) is 0. The number of anilines is 1. The van der Waals surface area contributed by atoms with Crippen molar-refractivity contribution < 1.29 is 13.9 Å². The Labute approximate surface area is 163 Å². The number of aromatic nitrogens is 2. The van der Waals surface area contributed by atoms with E-state index in [1.54, 1.807) is 26.1 Å². The summed E-state index contributed by atoms with van der Waals surface area (Å²) in [5.41, 5.74) is 1.06. The molecule has 1 aromatic carbocycles. The van der Waals surface area contributed by atoms with Crippen LogP contribution < -0.4 is 9.64 Å². The first-order valence-electron chi connectivity index (χ1n) is 9.32. The van der Waals surface area contributed by atoms with Crippen LogP contribution in [0.3, 0.4) is 0 Å². The summed E-state index contributed by atoms with van der Waals surface area (Å²) in [5.74, 6) is 1.16. The standard InChI is InChI=1S/C20H24FN5O2/c1-24(2)20(27)26-10-14-9-25(19-17(21)8-22-12-23-19)11-16(14)18(26)13-4-6-15(28-3)7-5-13/h4-8,12,14,16,18H,9-11H2,1-3H3/t14-,16-,18+/m1/s1. The normalized spacial score (nSPS) is 23.6. The van der Waals surface area contributed by atoms with E-state index in [1.807, 2.05) is 34.1 Å². The zero-order valence-corrected chi connectivity index (χ0v) is 16.2. The summed E-state index contributed by atoms with van der Waals surface area (Å²) in [7, 11) is 5.17. The molecule has 8 heteroatoms. The molecule has 2 aromatic rings. The van der Waals surface area contributed by atoms with Gasteiger partial charge in [0.05, 0.1) is 19.3 Å². The number of hydrogen-bond acceptors (Lipinski definition) is 5. The molecular weight excluding hydrogens is 361 g/mol. The molecule has 4 rings (SSSR count). The Morgan fingerprint density at radius 1 is 1.21 bits per heavy atom. The lowest BCUT2D eigenvalue weighted by molar-refractivity contribution is 0.159. The van der Waals surface area contributed by atoms with Crippen molar-refractivity contribution in [2.45, 2.75) is 6.04 Å². The van der Waals surface area contributed by atoms with Crippen molar-refractivity contribution in [2.75, 3.05) is 45.7 Å². The molecule has 2 amide bonds. The second kappa shape index (κ2) is 7.26. The molecule has 2 aliphatic rings. The third-order valence-electron chi connectivity index (χ3n) is 5.70. The van der Waals surface area contributed by atoms with E-state index < -0.39 is 5.82 Å². The molecule has 0 aliphatic carbocycles. The highest BCUT2D eigenvalue weighted by molar-refractivity contribution is 5.75. The van der Waals surface area contributed by atoms with Crippen molar-refractivity contribution in [3.8, 4) is 5.75 Å². The average Bonchev–Trinajstić information content (AvgIpc) is 3.25. The average molecular weight is 385 g/mol. The Kier molecular flexibility index (Phi) is 4.78. The molecule has 0 bridgehead atoms. The molecule has 2 aliphatic heterocycles. The minimum Gasteiger partial charge on any atom is -0.497 e. The lowest BCUT2D eigenvalue weighted by Crippen LogP contribution is -2.41. The van der Waals surface area contributed by atoms with Gasteiger partial charge in [0.25, 0.3) is 0 Å². The number of amides is 2. The van der Waals surface area contributed by atoms with Crippen molar-refractivity contribution in [3.63, 3.8) is 0 Å². The monoisotopic (exact) mass is 385 g/mol. The Hall–Kier alpha value is -2.90. The van der Waals surface area contributed by atoms with Gasteiger partial charge in [-0.25, -0.2) is 19.2 Å². The Bertz CT molecular complexity index is 860. The molecule has 0 N–H and O–H groups in total. The van der Waals surface area contributed by atoms with Gasteiger partial charge in [0, 0.05) is 45.6 Å². The minimum absolute atomic E-state index is 0.00464. The zero-order valence-electron chi connectivity index (χ0n) is 16.2. The molecule has 3 heterocycles. The summed E-state index contributed by atoms with van der Waals surface area (Å²) in [6.45, 7) is 1.95. The van der Waals surface area contributed by atoms with Gasteiger partial charge in [-0.3, -0.25) is 0 Å². The molecular formula is C20H24FN5O2. The van der Waals surface area contributed by atoms with Gasteiger partial charge in [-0.2, -0.15) is 0 Å². The van der Waals surface area contributed by atoms with E-state index in [9.17, 15) is 9.18 Å². The number of rotatable bonds is 3. The van der Waals surface area contributed by atoms with Gasteiger partial charge < -0.3 is 19.4 Å². The van der Waals surface area contributed by atoms with E-state index in [4.69, 9.17) is 4.74 Å². The first-order chi connectivity index (χ1) is 13.5. The van der Waals surface area contributed by atoms with Crippen LogP contribution in [0.2, 0.25) is 0 Å². The number of nitrogens with zero attached hydrogens (tertiary/aromatic N) is 5. The first-order valence-corrected chi connectivity index (χ1v) is 9.32. The topological polar surface area (TPSA) is 61.8 Å². The summed E-state index contributed by atoms with van der Waals surface area (Å²) in [4.78, 5) is 26.2. The maximum absolute atomic E-state index is 14.2. The van der Waals surface area contributed by atoms with Crippen LogP contribution >= 0.6 is 0 Å². The second-order valence-electron chi connectivity index (χ2n) is 7.57. The highest BCUT2D eigenvalue weighted by atomic mass is 19.1. The van der Waals surface area contributed by atoms with E-state index in [-0.39, 0.29) is 23.9 Å². The molecule has 0 saturated carbocycles. The smallest absolute Gasteiger partial charge is 0.320 e. The fourth-order valence-corrected chi connectivity index (χ4v) is 4.44. The van der Waals surface area contributed by atoms with E-state index in [2.05, 4.69) is 9.97 Å². The van der Waals surface area contributed by atoms with Crippen molar-refractivity contribution >= 4 is 11.8 Å². The van der Waals surface area contributed by atoms with Gasteiger partial charge in [-0.15, -0.1) is 0 Å². The number of ether oxygens (including phenoxy) is 1. The van der Waals surface area contributed by atoms with Crippen LogP contribution in [-0.2, 0) is 0 Å². The molecule has 2 saturated heterocycles. The molecule has 0 unspecified atom stereocenters. The van der Waals surface area contributed by atoms with Crippen molar-refractivity contribution in [1.29, 1.82) is 0 Å². The molecule has 3 atom stereocenters. The number of fused-ring (bicyclic) bond motifs is 1. The number of carbonyl (C=O) groups excluding carboxylic acids is 1. The van der Waals surface area contributed by atoms with Gasteiger partial charge >= 0.3 is 6.03 Å². The number of likely N-dealkylation sites (tertiary alicyclic amines) is 1. The van der Waals surface area contributed by atoms with Crippen LogP contribution in [0.5, 0.6) is 5.75 Å². The van der Waals surface area contributed by atoms with Gasteiger partial charge in [-0.1, -0.05) is 12.1 Å². The third-order valence-corrected chi connectivity index (χ3v) is 5.70. The quantitative estimate of drug-likeness (QED) is 0.812. The molecule has 28 heavy (non-hydrogen) atoms. The predicted octanol–water partition coefficient (Wildman–Crippen LogP) is 2.42. The summed E-state index contributed by atoms with van der Waals surface area (Å²) >= 11 is 0. The van der Waals surface area contributed by atoms with Crippen LogP contribution in [-0.4, -0.2) is 66.6 Å². The lowest BCUT2D eigenvalue weighted by atomic mass is 9.89. The van der Waals surface area contributed by atoms with Gasteiger partial charge in [0.2, 0.25) is 0 Å². The van der Waals surface area contributed by atoms with E-state index >= 15 is 0 Å². The fraction of sp³-hybridized carbons (Fsp3) is 0.450. The Balaban J connectivity index is 1.65. The largest absolute Gasteiger partial charge is 0.497 e. The van der Waals surface area contributed by atoms with E-state index in [0.29, 0.717) is 25.5 Å². The Morgan fingerprint density at radius 3 is 2.61 bits per heavy atom. The molecule has 1 aromatic heterocycles.